The highest BCUT2D eigenvalue weighted by Gasteiger charge is 2.15. The van der Waals surface area contributed by atoms with Gasteiger partial charge in [-0.3, -0.25) is 10.1 Å². The topological polar surface area (TPSA) is 68.1 Å². The molecule has 0 aliphatic carbocycles. The third kappa shape index (κ3) is 3.19. The first kappa shape index (κ1) is 14.6. The number of nitro groups is 1. The molecule has 1 atom stereocenters. The van der Waals surface area contributed by atoms with Crippen LogP contribution in [0.2, 0.25) is 0 Å². The van der Waals surface area contributed by atoms with Crippen molar-refractivity contribution in [3.8, 4) is 0 Å². The van der Waals surface area contributed by atoms with Gasteiger partial charge in [-0.15, -0.1) is 0 Å². The molecule has 20 heavy (non-hydrogen) atoms. The number of para-hydroxylation sites is 1. The molecule has 0 amide bonds. The third-order valence-electron chi connectivity index (χ3n) is 2.92. The normalized spacial score (nSPS) is 12.3. The van der Waals surface area contributed by atoms with Crippen LogP contribution in [-0.2, 0) is 0 Å². The molecule has 0 saturated carbocycles. The van der Waals surface area contributed by atoms with Gasteiger partial charge in [0.2, 0.25) is 0 Å². The van der Waals surface area contributed by atoms with Gasteiger partial charge in [0.25, 0.3) is 5.69 Å². The Bertz CT molecular complexity index is 618. The van der Waals surface area contributed by atoms with Crippen molar-refractivity contribution in [1.82, 2.24) is 4.98 Å². The van der Waals surface area contributed by atoms with Crippen molar-refractivity contribution in [2.45, 2.75) is 19.9 Å². The summed E-state index contributed by atoms with van der Waals surface area (Å²) in [5.41, 5.74) is 1.36. The zero-order valence-electron chi connectivity index (χ0n) is 11.5. The molecule has 1 aromatic carbocycles. The average molecular weight is 291 g/mol. The Balaban J connectivity index is 2.35. The van der Waals surface area contributed by atoms with Gasteiger partial charge in [-0.2, -0.15) is 11.8 Å². The number of non-ortho nitro benzene ring substituents is 1. The van der Waals surface area contributed by atoms with Gasteiger partial charge in [-0.1, -0.05) is 19.1 Å². The minimum Gasteiger partial charge on any atom is -0.381 e. The summed E-state index contributed by atoms with van der Waals surface area (Å²) in [6.07, 6.45) is 1.61. The average Bonchev–Trinajstić information content (AvgIpc) is 2.44. The van der Waals surface area contributed by atoms with Crippen LogP contribution in [-0.4, -0.2) is 27.5 Å². The summed E-state index contributed by atoms with van der Waals surface area (Å²) < 4.78 is 0. The molecule has 6 heteroatoms. The van der Waals surface area contributed by atoms with Gasteiger partial charge in [0.05, 0.1) is 4.92 Å². The fourth-order valence-electron chi connectivity index (χ4n) is 2.04. The molecule has 1 N–H and O–H groups in total. The Morgan fingerprint density at radius 2 is 2.25 bits per heavy atom. The Labute approximate surface area is 121 Å². The highest BCUT2D eigenvalue weighted by atomic mass is 32.2. The molecule has 1 heterocycles. The number of nitrogens with one attached hydrogen (secondary N) is 1. The lowest BCUT2D eigenvalue weighted by atomic mass is 10.1. The van der Waals surface area contributed by atoms with Crippen LogP contribution >= 0.6 is 11.8 Å². The van der Waals surface area contributed by atoms with Gasteiger partial charge in [0, 0.05) is 35.1 Å². The number of hydrogen-bond acceptors (Lipinski definition) is 5. The molecule has 5 nitrogen and oxygen atoms in total. The lowest BCUT2D eigenvalue weighted by Gasteiger charge is -2.16. The lowest BCUT2D eigenvalue weighted by Crippen LogP contribution is -2.18. The van der Waals surface area contributed by atoms with E-state index in [0.717, 1.165) is 22.6 Å². The molecule has 1 aromatic heterocycles. The molecule has 106 valence electrons. The monoisotopic (exact) mass is 291 g/mol. The highest BCUT2D eigenvalue weighted by Crippen LogP contribution is 2.29. The summed E-state index contributed by atoms with van der Waals surface area (Å²) in [4.78, 5) is 14.8. The van der Waals surface area contributed by atoms with Crippen molar-refractivity contribution >= 4 is 34.0 Å². The quantitative estimate of drug-likeness (QED) is 0.649. The molecule has 0 radical (unpaired) electrons. The maximum atomic E-state index is 11.0. The number of fused-ring (bicyclic) bond motifs is 1. The second-order valence-corrected chi connectivity index (χ2v) is 5.81. The van der Waals surface area contributed by atoms with Crippen LogP contribution in [0.3, 0.4) is 0 Å². The largest absolute Gasteiger partial charge is 0.381 e. The number of rotatable bonds is 6. The Morgan fingerprint density at radius 3 is 2.95 bits per heavy atom. The molecule has 0 bridgehead atoms. The van der Waals surface area contributed by atoms with E-state index in [1.807, 2.05) is 23.9 Å². The first-order valence-electron chi connectivity index (χ1n) is 6.50. The standard InChI is InChI=1S/C14H17N3O2S/c1-3-20-9-10(2)16-12-7-8-15-14-11(12)5-4-6-13(14)17(18)19/h4-8,10H,3,9H2,1-2H3,(H,15,16). The molecular weight excluding hydrogens is 274 g/mol. The summed E-state index contributed by atoms with van der Waals surface area (Å²) in [5.74, 6) is 2.07. The molecule has 2 rings (SSSR count). The first-order valence-corrected chi connectivity index (χ1v) is 7.65. The molecule has 0 fully saturated rings. The van der Waals surface area contributed by atoms with Crippen LogP contribution in [0, 0.1) is 10.1 Å². The van der Waals surface area contributed by atoms with Crippen molar-refractivity contribution in [3.63, 3.8) is 0 Å². The zero-order valence-corrected chi connectivity index (χ0v) is 12.3. The van der Waals surface area contributed by atoms with E-state index in [1.54, 1.807) is 12.3 Å². The van der Waals surface area contributed by atoms with E-state index >= 15 is 0 Å². The summed E-state index contributed by atoms with van der Waals surface area (Å²) in [5, 5.41) is 15.2. The summed E-state index contributed by atoms with van der Waals surface area (Å²) >= 11 is 1.86. The van der Waals surface area contributed by atoms with Gasteiger partial charge in [0.15, 0.2) is 0 Å². The van der Waals surface area contributed by atoms with Gasteiger partial charge in [-0.25, -0.2) is 4.98 Å². The van der Waals surface area contributed by atoms with Crippen molar-refractivity contribution in [2.75, 3.05) is 16.8 Å². The van der Waals surface area contributed by atoms with E-state index in [2.05, 4.69) is 24.1 Å². The van der Waals surface area contributed by atoms with Crippen LogP contribution in [0.4, 0.5) is 11.4 Å². The number of aromatic nitrogens is 1. The van der Waals surface area contributed by atoms with Gasteiger partial charge in [-0.05, 0) is 18.7 Å². The van der Waals surface area contributed by atoms with Crippen LogP contribution < -0.4 is 5.32 Å². The van der Waals surface area contributed by atoms with E-state index in [0.29, 0.717) is 11.6 Å². The van der Waals surface area contributed by atoms with Crippen LogP contribution in [0.25, 0.3) is 10.9 Å². The van der Waals surface area contributed by atoms with E-state index in [9.17, 15) is 10.1 Å². The molecule has 0 aliphatic heterocycles. The minimum atomic E-state index is -0.393. The molecule has 0 aliphatic rings. The maximum absolute atomic E-state index is 11.0. The first-order chi connectivity index (χ1) is 9.63. The van der Waals surface area contributed by atoms with Crippen molar-refractivity contribution in [2.24, 2.45) is 0 Å². The van der Waals surface area contributed by atoms with Crippen molar-refractivity contribution < 1.29 is 4.92 Å². The molecule has 0 spiro atoms. The van der Waals surface area contributed by atoms with Gasteiger partial charge < -0.3 is 5.32 Å². The molecule has 2 aromatic rings. The van der Waals surface area contributed by atoms with Crippen LogP contribution in [0.15, 0.2) is 30.5 Å². The third-order valence-corrected chi connectivity index (χ3v) is 4.06. The zero-order chi connectivity index (χ0) is 14.5. The van der Waals surface area contributed by atoms with E-state index < -0.39 is 4.92 Å². The van der Waals surface area contributed by atoms with E-state index in [1.165, 1.54) is 6.07 Å². The number of nitro benzene ring substituents is 1. The Kier molecular flexibility index (Phi) is 4.79. The highest BCUT2D eigenvalue weighted by molar-refractivity contribution is 7.99. The second kappa shape index (κ2) is 6.56. The maximum Gasteiger partial charge on any atom is 0.295 e. The predicted molar refractivity (Wildman–Crippen MR) is 84.5 cm³/mol. The summed E-state index contributed by atoms with van der Waals surface area (Å²) in [6, 6.07) is 7.19. The predicted octanol–water partition coefficient (Wildman–Crippen LogP) is 3.70. The number of thioether (sulfide) groups is 1. The Morgan fingerprint density at radius 1 is 1.45 bits per heavy atom. The number of benzene rings is 1. The molecule has 1 unspecified atom stereocenters. The lowest BCUT2D eigenvalue weighted by molar-refractivity contribution is -0.383. The smallest absolute Gasteiger partial charge is 0.295 e. The van der Waals surface area contributed by atoms with Crippen molar-refractivity contribution in [3.05, 3.63) is 40.6 Å². The second-order valence-electron chi connectivity index (χ2n) is 4.49. The number of nitrogens with zero attached hydrogens (tertiary/aromatic N) is 2. The fourth-order valence-corrected chi connectivity index (χ4v) is 2.71. The van der Waals surface area contributed by atoms with Crippen LogP contribution in [0.5, 0.6) is 0 Å². The number of anilines is 1. The summed E-state index contributed by atoms with van der Waals surface area (Å²) in [6.45, 7) is 4.23. The number of pyridine rings is 1. The van der Waals surface area contributed by atoms with Crippen molar-refractivity contribution in [1.29, 1.82) is 0 Å². The fraction of sp³-hybridized carbons (Fsp3) is 0.357. The van der Waals surface area contributed by atoms with Crippen LogP contribution in [0.1, 0.15) is 13.8 Å². The molecule has 0 saturated heterocycles. The Hall–Kier alpha value is -1.82. The SMILES string of the molecule is CCSCC(C)Nc1ccnc2c([N+](=O)[O-])cccc12. The number of hydrogen-bond donors (Lipinski definition) is 1. The van der Waals surface area contributed by atoms with Gasteiger partial charge in [0.1, 0.15) is 5.52 Å². The van der Waals surface area contributed by atoms with E-state index in [-0.39, 0.29) is 5.69 Å². The summed E-state index contributed by atoms with van der Waals surface area (Å²) in [7, 11) is 0. The molecular formula is C14H17N3O2S. The van der Waals surface area contributed by atoms with E-state index in [4.69, 9.17) is 0 Å². The van der Waals surface area contributed by atoms with Gasteiger partial charge >= 0.3 is 0 Å². The minimum absolute atomic E-state index is 0.0433.